The first-order valence-corrected chi connectivity index (χ1v) is 7.64. The van der Waals surface area contributed by atoms with Crippen molar-refractivity contribution in [2.75, 3.05) is 19.8 Å². The van der Waals surface area contributed by atoms with Gasteiger partial charge in [-0.15, -0.1) is 0 Å². The van der Waals surface area contributed by atoms with E-state index in [9.17, 15) is 0 Å². The highest BCUT2D eigenvalue weighted by molar-refractivity contribution is 5.22. The first-order chi connectivity index (χ1) is 9.72. The average molecular weight is 276 g/mol. The zero-order chi connectivity index (χ0) is 13.9. The van der Waals surface area contributed by atoms with E-state index in [1.54, 1.807) is 0 Å². The number of ether oxygens (including phenoxy) is 3. The maximum Gasteiger partial charge on any atom is 0.183 e. The fourth-order valence-corrected chi connectivity index (χ4v) is 2.92. The van der Waals surface area contributed by atoms with Gasteiger partial charge >= 0.3 is 0 Å². The molecule has 110 valence electrons. The highest BCUT2D eigenvalue weighted by atomic mass is 16.7. The maximum atomic E-state index is 5.93. The van der Waals surface area contributed by atoms with Crippen LogP contribution in [0.4, 0.5) is 0 Å². The molecule has 2 fully saturated rings. The minimum absolute atomic E-state index is 0.214. The largest absolute Gasteiger partial charge is 0.377 e. The summed E-state index contributed by atoms with van der Waals surface area (Å²) >= 11 is 0. The van der Waals surface area contributed by atoms with Crippen LogP contribution in [0.3, 0.4) is 0 Å². The molecule has 3 heteroatoms. The Morgan fingerprint density at radius 1 is 0.900 bits per heavy atom. The van der Waals surface area contributed by atoms with Crippen LogP contribution in [0.25, 0.3) is 0 Å². The molecule has 3 nitrogen and oxygen atoms in total. The van der Waals surface area contributed by atoms with E-state index in [0.717, 1.165) is 31.8 Å². The lowest BCUT2D eigenvalue weighted by molar-refractivity contribution is -0.227. The Labute approximate surface area is 121 Å². The van der Waals surface area contributed by atoms with Crippen LogP contribution in [-0.4, -0.2) is 25.9 Å². The molecule has 0 aromatic heterocycles. The molecule has 2 heterocycles. The summed E-state index contributed by atoms with van der Waals surface area (Å²) in [6, 6.07) is 8.36. The molecule has 2 saturated heterocycles. The lowest BCUT2D eigenvalue weighted by atomic mass is 9.92. The zero-order valence-electron chi connectivity index (χ0n) is 12.4. The second-order valence-corrected chi connectivity index (χ2v) is 6.22. The van der Waals surface area contributed by atoms with Crippen molar-refractivity contribution in [1.29, 1.82) is 0 Å². The van der Waals surface area contributed by atoms with Gasteiger partial charge in [0.25, 0.3) is 0 Å². The Hall–Kier alpha value is -0.900. The second kappa shape index (κ2) is 6.25. The number of rotatable bonds is 2. The van der Waals surface area contributed by atoms with Crippen LogP contribution in [0.5, 0.6) is 0 Å². The van der Waals surface area contributed by atoms with E-state index in [4.69, 9.17) is 14.2 Å². The first kappa shape index (κ1) is 14.1. The molecule has 2 aliphatic rings. The summed E-state index contributed by atoms with van der Waals surface area (Å²) in [7, 11) is 0. The van der Waals surface area contributed by atoms with E-state index < -0.39 is 0 Å². The highest BCUT2D eigenvalue weighted by Gasteiger charge is 2.32. The van der Waals surface area contributed by atoms with Crippen LogP contribution in [0.15, 0.2) is 24.3 Å². The van der Waals surface area contributed by atoms with E-state index >= 15 is 0 Å². The average Bonchev–Trinajstić information content (AvgIpc) is 2.49. The minimum atomic E-state index is -0.214. The van der Waals surface area contributed by atoms with Crippen molar-refractivity contribution in [2.24, 2.45) is 11.8 Å². The molecular formula is C17H24O3. The van der Waals surface area contributed by atoms with Gasteiger partial charge in [0, 0.05) is 18.1 Å². The third kappa shape index (κ3) is 3.22. The molecule has 2 atom stereocenters. The molecule has 2 unspecified atom stereocenters. The van der Waals surface area contributed by atoms with Gasteiger partial charge in [0.2, 0.25) is 0 Å². The Morgan fingerprint density at radius 3 is 2.20 bits per heavy atom. The molecule has 0 amide bonds. The third-order valence-corrected chi connectivity index (χ3v) is 4.34. The molecule has 0 N–H and O–H groups in total. The number of hydrogen-bond donors (Lipinski definition) is 0. The number of aryl methyl sites for hydroxylation is 1. The molecule has 1 aromatic carbocycles. The molecule has 0 aliphatic carbocycles. The van der Waals surface area contributed by atoms with Crippen molar-refractivity contribution in [3.05, 3.63) is 35.4 Å². The van der Waals surface area contributed by atoms with Gasteiger partial charge in [-0.05, 0) is 25.7 Å². The summed E-state index contributed by atoms with van der Waals surface area (Å²) in [5.41, 5.74) is 2.36. The summed E-state index contributed by atoms with van der Waals surface area (Å²) in [6.45, 7) is 6.68. The Morgan fingerprint density at radius 2 is 1.60 bits per heavy atom. The van der Waals surface area contributed by atoms with E-state index in [-0.39, 0.29) is 6.29 Å². The summed E-state index contributed by atoms with van der Waals surface area (Å²) in [5, 5.41) is 0. The van der Waals surface area contributed by atoms with Gasteiger partial charge in [-0.1, -0.05) is 36.8 Å². The van der Waals surface area contributed by atoms with Crippen molar-refractivity contribution >= 4 is 0 Å². The minimum Gasteiger partial charge on any atom is -0.377 e. The third-order valence-electron chi connectivity index (χ3n) is 4.34. The molecule has 0 radical (unpaired) electrons. The van der Waals surface area contributed by atoms with Crippen molar-refractivity contribution < 1.29 is 14.2 Å². The van der Waals surface area contributed by atoms with Crippen molar-refractivity contribution in [1.82, 2.24) is 0 Å². The Balaban J connectivity index is 1.53. The SMILES string of the molecule is Cc1ccc(C2OCC(C3CCC(C)CO3)CO2)cc1. The zero-order valence-corrected chi connectivity index (χ0v) is 12.4. The van der Waals surface area contributed by atoms with E-state index in [0.29, 0.717) is 17.9 Å². The Bertz CT molecular complexity index is 412. The quantitative estimate of drug-likeness (QED) is 0.828. The first-order valence-electron chi connectivity index (χ1n) is 7.64. The summed E-state index contributed by atoms with van der Waals surface area (Å²) < 4.78 is 17.7. The predicted octanol–water partition coefficient (Wildman–Crippen LogP) is 3.47. The van der Waals surface area contributed by atoms with Gasteiger partial charge in [0.1, 0.15) is 0 Å². The summed E-state index contributed by atoms with van der Waals surface area (Å²) in [6.07, 6.45) is 2.48. The van der Waals surface area contributed by atoms with Crippen LogP contribution in [-0.2, 0) is 14.2 Å². The van der Waals surface area contributed by atoms with Crippen LogP contribution >= 0.6 is 0 Å². The smallest absolute Gasteiger partial charge is 0.183 e. The molecule has 0 bridgehead atoms. The molecule has 3 rings (SSSR count). The molecule has 0 saturated carbocycles. The highest BCUT2D eigenvalue weighted by Crippen LogP contribution is 2.31. The molecule has 0 spiro atoms. The van der Waals surface area contributed by atoms with Gasteiger partial charge in [0.05, 0.1) is 19.3 Å². The fraction of sp³-hybridized carbons (Fsp3) is 0.647. The normalized spacial score (nSPS) is 34.9. The maximum absolute atomic E-state index is 5.93. The van der Waals surface area contributed by atoms with Gasteiger partial charge in [-0.3, -0.25) is 0 Å². The standard InChI is InChI=1S/C17H24O3/c1-12-3-6-14(7-4-12)17-19-10-15(11-20-17)16-8-5-13(2)9-18-16/h3-4,6-7,13,15-17H,5,8-11H2,1-2H3. The van der Waals surface area contributed by atoms with Gasteiger partial charge in [0.15, 0.2) is 6.29 Å². The van der Waals surface area contributed by atoms with Crippen LogP contribution in [0, 0.1) is 18.8 Å². The number of hydrogen-bond acceptors (Lipinski definition) is 3. The van der Waals surface area contributed by atoms with E-state index in [1.807, 2.05) is 0 Å². The van der Waals surface area contributed by atoms with Gasteiger partial charge in [-0.25, -0.2) is 0 Å². The van der Waals surface area contributed by atoms with Crippen molar-refractivity contribution in [3.8, 4) is 0 Å². The monoisotopic (exact) mass is 276 g/mol. The molecular weight excluding hydrogens is 252 g/mol. The van der Waals surface area contributed by atoms with Crippen LogP contribution in [0.2, 0.25) is 0 Å². The van der Waals surface area contributed by atoms with Crippen LogP contribution in [0.1, 0.15) is 37.2 Å². The molecule has 1 aromatic rings. The lowest BCUT2D eigenvalue weighted by Gasteiger charge is -2.37. The van der Waals surface area contributed by atoms with E-state index in [2.05, 4.69) is 38.1 Å². The molecule has 2 aliphatic heterocycles. The van der Waals surface area contributed by atoms with Gasteiger partial charge in [-0.2, -0.15) is 0 Å². The topological polar surface area (TPSA) is 27.7 Å². The van der Waals surface area contributed by atoms with E-state index in [1.165, 1.54) is 12.0 Å². The Kier molecular flexibility index (Phi) is 4.39. The van der Waals surface area contributed by atoms with Gasteiger partial charge < -0.3 is 14.2 Å². The van der Waals surface area contributed by atoms with Crippen molar-refractivity contribution in [2.45, 2.75) is 39.1 Å². The van der Waals surface area contributed by atoms with Crippen LogP contribution < -0.4 is 0 Å². The summed E-state index contributed by atoms with van der Waals surface area (Å²) in [5.74, 6) is 1.07. The predicted molar refractivity (Wildman–Crippen MR) is 77.5 cm³/mol. The number of benzene rings is 1. The fourth-order valence-electron chi connectivity index (χ4n) is 2.92. The van der Waals surface area contributed by atoms with Crippen molar-refractivity contribution in [3.63, 3.8) is 0 Å². The molecule has 20 heavy (non-hydrogen) atoms. The second-order valence-electron chi connectivity index (χ2n) is 6.22. The summed E-state index contributed by atoms with van der Waals surface area (Å²) in [4.78, 5) is 0. The lowest BCUT2D eigenvalue weighted by Crippen LogP contribution is -2.39.